The zero-order valence-corrected chi connectivity index (χ0v) is 10.8. The molecule has 1 unspecified atom stereocenters. The van der Waals surface area contributed by atoms with Crippen molar-refractivity contribution in [1.82, 2.24) is 10.4 Å². The average molecular weight is 302 g/mol. The molecule has 1 aromatic heterocycles. The highest BCUT2D eigenvalue weighted by molar-refractivity contribution is 6.34. The van der Waals surface area contributed by atoms with E-state index in [0.29, 0.717) is 10.7 Å². The van der Waals surface area contributed by atoms with E-state index in [1.807, 2.05) is 0 Å². The maximum atomic E-state index is 12.0. The second-order valence-electron chi connectivity index (χ2n) is 3.75. The van der Waals surface area contributed by atoms with Crippen LogP contribution in [0.4, 0.5) is 13.2 Å². The topological polar surface area (TPSA) is 50.9 Å². The number of nitrogens with two attached hydrogens (primary N) is 1. The number of halogens is 5. The first-order valence-corrected chi connectivity index (χ1v) is 5.93. The predicted molar refractivity (Wildman–Crippen MR) is 64.2 cm³/mol. The van der Waals surface area contributed by atoms with Gasteiger partial charge in [0.15, 0.2) is 0 Å². The molecule has 0 aliphatic heterocycles. The lowest BCUT2D eigenvalue weighted by molar-refractivity contribution is -0.135. The second-order valence-corrected chi connectivity index (χ2v) is 4.59. The van der Waals surface area contributed by atoms with Crippen LogP contribution in [-0.2, 0) is 0 Å². The van der Waals surface area contributed by atoms with Crippen LogP contribution < -0.4 is 11.3 Å². The Morgan fingerprint density at radius 1 is 1.39 bits per heavy atom. The number of hydrogen-bond acceptors (Lipinski definition) is 3. The Kier molecular flexibility index (Phi) is 5.65. The third kappa shape index (κ3) is 4.97. The quantitative estimate of drug-likeness (QED) is 0.645. The van der Waals surface area contributed by atoms with Crippen molar-refractivity contribution in [2.75, 3.05) is 0 Å². The molecule has 1 aromatic rings. The molecule has 3 nitrogen and oxygen atoms in total. The van der Waals surface area contributed by atoms with Gasteiger partial charge in [0, 0.05) is 12.6 Å². The van der Waals surface area contributed by atoms with Gasteiger partial charge in [-0.1, -0.05) is 23.2 Å². The fourth-order valence-corrected chi connectivity index (χ4v) is 2.00. The molecule has 0 bridgehead atoms. The van der Waals surface area contributed by atoms with Crippen LogP contribution >= 0.6 is 23.2 Å². The largest absolute Gasteiger partial charge is 0.389 e. The Morgan fingerprint density at radius 3 is 2.56 bits per heavy atom. The van der Waals surface area contributed by atoms with E-state index in [9.17, 15) is 13.2 Å². The van der Waals surface area contributed by atoms with E-state index in [1.165, 1.54) is 12.3 Å². The maximum absolute atomic E-state index is 12.0. The minimum absolute atomic E-state index is 0.0565. The van der Waals surface area contributed by atoms with E-state index in [-0.39, 0.29) is 17.9 Å². The van der Waals surface area contributed by atoms with Gasteiger partial charge in [0.25, 0.3) is 0 Å². The van der Waals surface area contributed by atoms with Gasteiger partial charge in [0.1, 0.15) is 0 Å². The highest BCUT2D eigenvalue weighted by Crippen LogP contribution is 2.29. The Hall–Kier alpha value is -0.560. The smallest absolute Gasteiger partial charge is 0.271 e. The van der Waals surface area contributed by atoms with Crippen molar-refractivity contribution in [2.45, 2.75) is 31.5 Å². The molecule has 0 fully saturated rings. The summed E-state index contributed by atoms with van der Waals surface area (Å²) in [5.74, 6) is 5.30. The molecule has 1 atom stereocenters. The standard InChI is InChI=1S/C10H12Cl2F3N3/c11-6-4-7(12)9(17-5-6)8(18-16)2-1-3-10(13,14)15/h4-5,8,18H,1-3,16H2. The minimum Gasteiger partial charge on any atom is -0.271 e. The first kappa shape index (κ1) is 15.5. The molecule has 18 heavy (non-hydrogen) atoms. The molecule has 0 radical (unpaired) electrons. The van der Waals surface area contributed by atoms with Gasteiger partial charge in [-0.15, -0.1) is 0 Å². The molecular weight excluding hydrogens is 290 g/mol. The molecule has 0 saturated heterocycles. The second kappa shape index (κ2) is 6.56. The highest BCUT2D eigenvalue weighted by atomic mass is 35.5. The summed E-state index contributed by atoms with van der Waals surface area (Å²) in [5, 5.41) is 0.632. The van der Waals surface area contributed by atoms with Crippen LogP contribution in [-0.4, -0.2) is 11.2 Å². The van der Waals surface area contributed by atoms with Crippen molar-refractivity contribution < 1.29 is 13.2 Å². The highest BCUT2D eigenvalue weighted by Gasteiger charge is 2.27. The number of nitrogens with zero attached hydrogens (tertiary/aromatic N) is 1. The molecule has 0 amide bonds. The zero-order chi connectivity index (χ0) is 13.8. The molecule has 0 aromatic carbocycles. The number of alkyl halides is 3. The number of aromatic nitrogens is 1. The number of pyridine rings is 1. The van der Waals surface area contributed by atoms with Crippen LogP contribution in [0.25, 0.3) is 0 Å². The van der Waals surface area contributed by atoms with Crippen molar-refractivity contribution in [3.05, 3.63) is 28.0 Å². The van der Waals surface area contributed by atoms with Crippen molar-refractivity contribution in [3.63, 3.8) is 0 Å². The summed E-state index contributed by atoms with van der Waals surface area (Å²) in [6.45, 7) is 0. The Balaban J connectivity index is 2.66. The zero-order valence-electron chi connectivity index (χ0n) is 9.27. The van der Waals surface area contributed by atoms with Crippen LogP contribution in [0.3, 0.4) is 0 Å². The lowest BCUT2D eigenvalue weighted by Gasteiger charge is -2.17. The first-order valence-electron chi connectivity index (χ1n) is 5.17. The van der Waals surface area contributed by atoms with E-state index in [4.69, 9.17) is 29.0 Å². The summed E-state index contributed by atoms with van der Waals surface area (Å²) in [4.78, 5) is 3.98. The number of rotatable bonds is 5. The number of hydrazine groups is 1. The van der Waals surface area contributed by atoms with Gasteiger partial charge in [-0.25, -0.2) is 0 Å². The molecule has 0 aliphatic carbocycles. The SMILES string of the molecule is NNC(CCCC(F)(F)F)c1ncc(Cl)cc1Cl. The number of hydrogen-bond donors (Lipinski definition) is 2. The van der Waals surface area contributed by atoms with Crippen molar-refractivity contribution in [3.8, 4) is 0 Å². The van der Waals surface area contributed by atoms with E-state index >= 15 is 0 Å². The third-order valence-electron chi connectivity index (χ3n) is 2.32. The van der Waals surface area contributed by atoms with Crippen LogP contribution in [0, 0.1) is 0 Å². The Bertz CT molecular complexity index is 398. The van der Waals surface area contributed by atoms with Crippen molar-refractivity contribution >= 4 is 23.2 Å². The minimum atomic E-state index is -4.17. The molecule has 1 heterocycles. The van der Waals surface area contributed by atoms with E-state index in [1.54, 1.807) is 0 Å². The Morgan fingerprint density at radius 2 is 2.06 bits per heavy atom. The summed E-state index contributed by atoms with van der Waals surface area (Å²) in [6, 6.07) is 0.941. The number of nitrogens with one attached hydrogen (secondary N) is 1. The molecule has 0 spiro atoms. The lowest BCUT2D eigenvalue weighted by Crippen LogP contribution is -2.29. The maximum Gasteiger partial charge on any atom is 0.389 e. The Labute approximate surface area is 112 Å². The summed E-state index contributed by atoms with van der Waals surface area (Å²) < 4.78 is 36.1. The van der Waals surface area contributed by atoms with E-state index in [0.717, 1.165) is 0 Å². The lowest BCUT2D eigenvalue weighted by atomic mass is 10.1. The summed E-state index contributed by atoms with van der Waals surface area (Å²) >= 11 is 11.6. The van der Waals surface area contributed by atoms with Crippen LogP contribution in [0.5, 0.6) is 0 Å². The summed E-state index contributed by atoms with van der Waals surface area (Å²) in [7, 11) is 0. The van der Waals surface area contributed by atoms with Gasteiger partial charge in [-0.3, -0.25) is 16.3 Å². The van der Waals surface area contributed by atoms with Gasteiger partial charge in [-0.2, -0.15) is 13.2 Å². The molecule has 102 valence electrons. The van der Waals surface area contributed by atoms with E-state index in [2.05, 4.69) is 10.4 Å². The molecule has 0 saturated carbocycles. The average Bonchev–Trinajstić information content (AvgIpc) is 2.24. The summed E-state index contributed by atoms with van der Waals surface area (Å²) in [6.07, 6.45) is -3.53. The predicted octanol–water partition coefficient (Wildman–Crippen LogP) is 3.63. The molecule has 3 N–H and O–H groups in total. The van der Waals surface area contributed by atoms with Crippen molar-refractivity contribution in [1.29, 1.82) is 0 Å². The molecular formula is C10H12Cl2F3N3. The van der Waals surface area contributed by atoms with Gasteiger partial charge in [-0.05, 0) is 18.9 Å². The fraction of sp³-hybridized carbons (Fsp3) is 0.500. The normalized spacial score (nSPS) is 13.7. The monoisotopic (exact) mass is 301 g/mol. The van der Waals surface area contributed by atoms with Gasteiger partial charge < -0.3 is 0 Å². The molecule has 0 aliphatic rings. The van der Waals surface area contributed by atoms with E-state index < -0.39 is 18.6 Å². The van der Waals surface area contributed by atoms with Crippen molar-refractivity contribution in [2.24, 2.45) is 5.84 Å². The van der Waals surface area contributed by atoms with Crippen LogP contribution in [0.15, 0.2) is 12.3 Å². The molecule has 8 heteroatoms. The summed E-state index contributed by atoms with van der Waals surface area (Å²) in [5.41, 5.74) is 2.80. The molecule has 1 rings (SSSR count). The third-order valence-corrected chi connectivity index (χ3v) is 2.83. The van der Waals surface area contributed by atoms with Crippen LogP contribution in [0.2, 0.25) is 10.0 Å². The van der Waals surface area contributed by atoms with Crippen LogP contribution in [0.1, 0.15) is 31.0 Å². The van der Waals surface area contributed by atoms with Gasteiger partial charge >= 0.3 is 6.18 Å². The van der Waals surface area contributed by atoms with Gasteiger partial charge in [0.2, 0.25) is 0 Å². The first-order chi connectivity index (χ1) is 8.33. The van der Waals surface area contributed by atoms with Gasteiger partial charge in [0.05, 0.1) is 21.8 Å². The fourth-order valence-electron chi connectivity index (χ4n) is 1.49.